The van der Waals surface area contributed by atoms with Gasteiger partial charge >= 0.3 is 0 Å². The maximum atomic E-state index is 11.9. The van der Waals surface area contributed by atoms with Gasteiger partial charge in [-0.2, -0.15) is 0 Å². The average Bonchev–Trinajstić information content (AvgIpc) is 3.19. The van der Waals surface area contributed by atoms with Crippen LogP contribution in [-0.4, -0.2) is 55.1 Å². The van der Waals surface area contributed by atoms with E-state index in [9.17, 15) is 4.79 Å². The van der Waals surface area contributed by atoms with Gasteiger partial charge in [0.1, 0.15) is 6.61 Å². The maximum absolute atomic E-state index is 11.9. The zero-order valence-corrected chi connectivity index (χ0v) is 16.5. The molecule has 1 aliphatic heterocycles. The van der Waals surface area contributed by atoms with Gasteiger partial charge in [0.2, 0.25) is 5.91 Å². The Morgan fingerprint density at radius 3 is 2.93 bits per heavy atom. The van der Waals surface area contributed by atoms with E-state index in [-0.39, 0.29) is 18.6 Å². The number of pyridine rings is 1. The largest absolute Gasteiger partial charge is 0.493 e. The molecule has 2 aromatic rings. The summed E-state index contributed by atoms with van der Waals surface area (Å²) in [6.07, 6.45) is 2.97. The second kappa shape index (κ2) is 10.9. The Kier molecular flexibility index (Phi) is 7.95. The van der Waals surface area contributed by atoms with Crippen LogP contribution in [0.1, 0.15) is 5.56 Å². The van der Waals surface area contributed by atoms with Crippen molar-refractivity contribution in [1.29, 1.82) is 0 Å². The van der Waals surface area contributed by atoms with Crippen LogP contribution >= 0.6 is 11.8 Å². The molecule has 150 valence electrons. The van der Waals surface area contributed by atoms with Crippen molar-refractivity contribution in [2.75, 3.05) is 31.8 Å². The maximum Gasteiger partial charge on any atom is 0.230 e. The van der Waals surface area contributed by atoms with Crippen molar-refractivity contribution in [3.63, 3.8) is 0 Å². The zero-order valence-electron chi connectivity index (χ0n) is 15.7. The van der Waals surface area contributed by atoms with Crippen molar-refractivity contribution >= 4 is 17.7 Å². The molecule has 0 aliphatic carbocycles. The van der Waals surface area contributed by atoms with E-state index in [0.717, 1.165) is 5.56 Å². The Morgan fingerprint density at radius 1 is 1.29 bits per heavy atom. The molecule has 1 aliphatic rings. The monoisotopic (exact) mass is 404 g/mol. The van der Waals surface area contributed by atoms with Gasteiger partial charge in [0.15, 0.2) is 17.8 Å². The number of rotatable bonds is 10. The van der Waals surface area contributed by atoms with Crippen LogP contribution in [0.25, 0.3) is 0 Å². The van der Waals surface area contributed by atoms with Gasteiger partial charge in [-0.05, 0) is 23.8 Å². The molecule has 8 heteroatoms. The van der Waals surface area contributed by atoms with Gasteiger partial charge in [-0.3, -0.25) is 9.78 Å². The van der Waals surface area contributed by atoms with E-state index >= 15 is 0 Å². The second-order valence-corrected chi connectivity index (χ2v) is 7.17. The van der Waals surface area contributed by atoms with Gasteiger partial charge in [0, 0.05) is 24.7 Å². The molecule has 1 aromatic heterocycles. The van der Waals surface area contributed by atoms with Crippen LogP contribution in [-0.2, 0) is 20.8 Å². The Morgan fingerprint density at radius 2 is 2.14 bits per heavy atom. The number of amides is 1. The van der Waals surface area contributed by atoms with Crippen LogP contribution in [0.2, 0.25) is 0 Å². The first-order valence-electron chi connectivity index (χ1n) is 9.01. The first kappa shape index (κ1) is 20.4. The number of methoxy groups -OCH3 is 1. The van der Waals surface area contributed by atoms with Gasteiger partial charge in [0.05, 0.1) is 25.6 Å². The summed E-state index contributed by atoms with van der Waals surface area (Å²) in [5.74, 6) is 2.38. The van der Waals surface area contributed by atoms with Gasteiger partial charge in [0.25, 0.3) is 0 Å². The summed E-state index contributed by atoms with van der Waals surface area (Å²) in [4.78, 5) is 15.9. The van der Waals surface area contributed by atoms with Gasteiger partial charge < -0.3 is 24.3 Å². The predicted octanol–water partition coefficient (Wildman–Crippen LogP) is 2.26. The summed E-state index contributed by atoms with van der Waals surface area (Å²) in [5.41, 5.74) is 0.978. The molecule has 1 amide bonds. The molecule has 2 atom stereocenters. The van der Waals surface area contributed by atoms with Gasteiger partial charge in [-0.25, -0.2) is 0 Å². The third kappa shape index (κ3) is 6.40. The number of aromatic nitrogens is 1. The molecular formula is C20H24N2O5S. The van der Waals surface area contributed by atoms with Crippen molar-refractivity contribution in [3.8, 4) is 11.5 Å². The molecule has 0 saturated carbocycles. The molecule has 0 spiro atoms. The Hall–Kier alpha value is -2.29. The highest BCUT2D eigenvalue weighted by molar-refractivity contribution is 7.99. The molecule has 2 heterocycles. The molecule has 1 saturated heterocycles. The van der Waals surface area contributed by atoms with E-state index in [4.69, 9.17) is 18.9 Å². The molecule has 2 unspecified atom stereocenters. The van der Waals surface area contributed by atoms with Crippen molar-refractivity contribution in [2.24, 2.45) is 0 Å². The normalized spacial score (nSPS) is 18.6. The first-order valence-corrected chi connectivity index (χ1v) is 10.2. The summed E-state index contributed by atoms with van der Waals surface area (Å²) in [5, 5.41) is 2.88. The fourth-order valence-corrected chi connectivity index (χ4v) is 3.46. The molecular weight excluding hydrogens is 380 g/mol. The Balaban J connectivity index is 1.30. The van der Waals surface area contributed by atoms with Gasteiger partial charge in [-0.15, -0.1) is 11.8 Å². The van der Waals surface area contributed by atoms with E-state index in [1.165, 1.54) is 11.8 Å². The lowest BCUT2D eigenvalue weighted by Gasteiger charge is -2.14. The highest BCUT2D eigenvalue weighted by Gasteiger charge is 2.27. The molecule has 0 radical (unpaired) electrons. The second-order valence-electron chi connectivity index (χ2n) is 6.14. The number of thioether (sulfide) groups is 1. The predicted molar refractivity (Wildman–Crippen MR) is 107 cm³/mol. The zero-order chi connectivity index (χ0) is 19.6. The van der Waals surface area contributed by atoms with E-state index in [2.05, 4.69) is 10.3 Å². The summed E-state index contributed by atoms with van der Waals surface area (Å²) < 4.78 is 22.4. The summed E-state index contributed by atoms with van der Waals surface area (Å²) in [7, 11) is 1.60. The number of hydrogen-bond acceptors (Lipinski definition) is 7. The van der Waals surface area contributed by atoms with Crippen molar-refractivity contribution in [1.82, 2.24) is 10.3 Å². The van der Waals surface area contributed by atoms with E-state index in [1.54, 1.807) is 19.5 Å². The summed E-state index contributed by atoms with van der Waals surface area (Å²) in [6, 6.07) is 11.2. The molecule has 7 nitrogen and oxygen atoms in total. The minimum atomic E-state index is -0.421. The molecule has 1 fully saturated rings. The number of carbonyl (C=O) groups excluding carboxylic acids is 1. The van der Waals surface area contributed by atoms with Crippen molar-refractivity contribution in [3.05, 3.63) is 54.4 Å². The van der Waals surface area contributed by atoms with Crippen LogP contribution in [0.4, 0.5) is 0 Å². The lowest BCUT2D eigenvalue weighted by atomic mass is 10.3. The number of ether oxygens (including phenoxy) is 4. The van der Waals surface area contributed by atoms with Crippen LogP contribution < -0.4 is 14.8 Å². The number of carbonyl (C=O) groups is 1. The number of benzene rings is 1. The molecule has 28 heavy (non-hydrogen) atoms. The van der Waals surface area contributed by atoms with Crippen LogP contribution in [0.15, 0.2) is 48.8 Å². The highest BCUT2D eigenvalue weighted by atomic mass is 32.2. The minimum Gasteiger partial charge on any atom is -0.493 e. The van der Waals surface area contributed by atoms with Crippen LogP contribution in [0.5, 0.6) is 11.5 Å². The smallest absolute Gasteiger partial charge is 0.230 e. The summed E-state index contributed by atoms with van der Waals surface area (Å²) in [6.45, 7) is 1.26. The Labute approximate surface area is 168 Å². The van der Waals surface area contributed by atoms with E-state index < -0.39 is 6.29 Å². The molecule has 1 N–H and O–H groups in total. The third-order valence-corrected chi connectivity index (χ3v) is 5.08. The van der Waals surface area contributed by atoms with Crippen LogP contribution in [0.3, 0.4) is 0 Å². The fourth-order valence-electron chi connectivity index (χ4n) is 2.62. The first-order chi connectivity index (χ1) is 13.7. The third-order valence-electron chi connectivity index (χ3n) is 4.01. The number of nitrogens with one attached hydrogen (secondary N) is 1. The molecule has 1 aromatic carbocycles. The van der Waals surface area contributed by atoms with Crippen molar-refractivity contribution < 1.29 is 23.7 Å². The lowest BCUT2D eigenvalue weighted by Crippen LogP contribution is -2.26. The number of para-hydroxylation sites is 2. The molecule has 3 rings (SSSR count). The minimum absolute atomic E-state index is 0.0103. The van der Waals surface area contributed by atoms with E-state index in [1.807, 2.05) is 36.4 Å². The number of hydrogen-bond donors (Lipinski definition) is 1. The standard InChI is InChI=1S/C20H24N2O5S/c1-24-17-6-2-3-7-18(17)25-12-20-26-11-16(27-20)13-28-14-19(23)22-10-15-5-4-8-21-9-15/h2-9,16,20H,10-14H2,1H3,(H,22,23). The van der Waals surface area contributed by atoms with Crippen LogP contribution in [0, 0.1) is 0 Å². The summed E-state index contributed by atoms with van der Waals surface area (Å²) >= 11 is 1.52. The Bertz CT molecular complexity index is 746. The fraction of sp³-hybridized carbons (Fsp3) is 0.400. The van der Waals surface area contributed by atoms with Crippen molar-refractivity contribution in [2.45, 2.75) is 18.9 Å². The number of nitrogens with zero attached hydrogens (tertiary/aromatic N) is 1. The van der Waals surface area contributed by atoms with E-state index in [0.29, 0.717) is 36.2 Å². The quantitative estimate of drug-likeness (QED) is 0.651. The molecule has 0 bridgehead atoms. The van der Waals surface area contributed by atoms with Gasteiger partial charge in [-0.1, -0.05) is 18.2 Å². The lowest BCUT2D eigenvalue weighted by molar-refractivity contribution is -0.118. The average molecular weight is 404 g/mol. The topological polar surface area (TPSA) is 78.9 Å². The SMILES string of the molecule is COc1ccccc1OCC1OCC(CSCC(=O)NCc2cccnc2)O1. The highest BCUT2D eigenvalue weighted by Crippen LogP contribution is 2.26.